The predicted molar refractivity (Wildman–Crippen MR) is 116 cm³/mol. The van der Waals surface area contributed by atoms with Crippen molar-refractivity contribution in [2.75, 3.05) is 0 Å². The normalized spacial score (nSPS) is 12.0. The molecule has 2 heterocycles. The van der Waals surface area contributed by atoms with Crippen molar-refractivity contribution in [1.29, 1.82) is 0 Å². The highest BCUT2D eigenvalue weighted by Crippen LogP contribution is 2.33. The molecule has 5 heteroatoms. The molecule has 0 bridgehead atoms. The van der Waals surface area contributed by atoms with Crippen LogP contribution in [-0.2, 0) is 12.0 Å². The summed E-state index contributed by atoms with van der Waals surface area (Å²) in [6.07, 6.45) is 0. The van der Waals surface area contributed by atoms with E-state index < -0.39 is 5.97 Å². The molecule has 3 aromatic rings. The second kappa shape index (κ2) is 7.55. The van der Waals surface area contributed by atoms with Gasteiger partial charge in [-0.15, -0.1) is 11.3 Å². The Morgan fingerprint density at radius 2 is 1.86 bits per heavy atom. The van der Waals surface area contributed by atoms with Crippen LogP contribution in [0.2, 0.25) is 0 Å². The van der Waals surface area contributed by atoms with Gasteiger partial charge in [-0.05, 0) is 29.9 Å². The van der Waals surface area contributed by atoms with Crippen molar-refractivity contribution in [3.05, 3.63) is 52.5 Å². The summed E-state index contributed by atoms with van der Waals surface area (Å²) in [5.74, 6) is -0.482. The molecule has 0 radical (unpaired) electrons. The number of hydrogen-bond donors (Lipinski definition) is 1. The minimum Gasteiger partial charge on any atom is -0.478 e. The lowest BCUT2D eigenvalue weighted by atomic mass is 9.87. The predicted octanol–water partition coefficient (Wildman–Crippen LogP) is 6.24. The number of aromatic carboxylic acids is 1. The van der Waals surface area contributed by atoms with Crippen molar-refractivity contribution >= 4 is 17.3 Å². The number of carboxylic acid groups (broad SMARTS) is 1. The molecule has 0 fully saturated rings. The maximum atomic E-state index is 11.6. The van der Waals surface area contributed by atoms with Crippen LogP contribution in [0.3, 0.4) is 0 Å². The summed E-state index contributed by atoms with van der Waals surface area (Å²) >= 11 is 1.59. The van der Waals surface area contributed by atoms with Gasteiger partial charge in [-0.3, -0.25) is 0 Å². The van der Waals surface area contributed by atoms with Gasteiger partial charge in [-0.25, -0.2) is 9.78 Å². The Bertz CT molecular complexity index is 989. The van der Waals surface area contributed by atoms with Crippen LogP contribution in [0.5, 0.6) is 0 Å². The Hall–Kier alpha value is -2.40. The number of nitrogens with zero attached hydrogens (tertiary/aromatic N) is 2. The van der Waals surface area contributed by atoms with E-state index in [4.69, 9.17) is 4.98 Å². The largest absolute Gasteiger partial charge is 0.478 e. The highest BCUT2D eigenvalue weighted by Gasteiger charge is 2.20. The Balaban J connectivity index is 2.00. The van der Waals surface area contributed by atoms with E-state index in [0.29, 0.717) is 11.5 Å². The highest BCUT2D eigenvalue weighted by molar-refractivity contribution is 7.13. The van der Waals surface area contributed by atoms with Crippen LogP contribution in [0.25, 0.3) is 22.0 Å². The monoisotopic (exact) mass is 396 g/mol. The van der Waals surface area contributed by atoms with E-state index >= 15 is 0 Å². The van der Waals surface area contributed by atoms with Gasteiger partial charge in [-0.1, -0.05) is 58.9 Å². The number of carbonyl (C=O) groups is 1. The molecular formula is C23H28N2O2S. The van der Waals surface area contributed by atoms with Gasteiger partial charge in [0, 0.05) is 23.2 Å². The molecule has 2 aromatic heterocycles. The van der Waals surface area contributed by atoms with Crippen molar-refractivity contribution in [3.63, 3.8) is 0 Å². The number of thiazole rings is 1. The van der Waals surface area contributed by atoms with Gasteiger partial charge >= 0.3 is 5.97 Å². The van der Waals surface area contributed by atoms with Gasteiger partial charge in [0.05, 0.1) is 17.0 Å². The van der Waals surface area contributed by atoms with Gasteiger partial charge in [0.1, 0.15) is 5.01 Å². The van der Waals surface area contributed by atoms with E-state index in [2.05, 4.69) is 63.5 Å². The minimum absolute atomic E-state index is 0.120. The molecule has 3 rings (SSSR count). The fourth-order valence-corrected chi connectivity index (χ4v) is 4.13. The lowest BCUT2D eigenvalue weighted by Gasteiger charge is -2.18. The maximum Gasteiger partial charge on any atom is 0.337 e. The molecule has 0 aliphatic heterocycles. The molecule has 0 saturated heterocycles. The first-order valence-corrected chi connectivity index (χ1v) is 10.5. The molecule has 0 amide bonds. The molecule has 0 saturated carbocycles. The topological polar surface area (TPSA) is 55.1 Å². The molecule has 1 N–H and O–H groups in total. The Morgan fingerprint density at radius 1 is 1.21 bits per heavy atom. The first kappa shape index (κ1) is 20.3. The third-order valence-electron chi connectivity index (χ3n) is 4.91. The molecule has 4 nitrogen and oxygen atoms in total. The van der Waals surface area contributed by atoms with Crippen LogP contribution in [0.4, 0.5) is 0 Å². The van der Waals surface area contributed by atoms with Gasteiger partial charge in [0.2, 0.25) is 0 Å². The number of hydrogen-bond acceptors (Lipinski definition) is 3. The lowest BCUT2D eigenvalue weighted by molar-refractivity contribution is 0.0696. The van der Waals surface area contributed by atoms with Crippen LogP contribution < -0.4 is 0 Å². The average molecular weight is 397 g/mol. The molecule has 148 valence electrons. The number of benzene rings is 1. The van der Waals surface area contributed by atoms with E-state index in [0.717, 1.165) is 34.2 Å². The zero-order chi connectivity index (χ0) is 20.6. The summed E-state index contributed by atoms with van der Waals surface area (Å²) in [5, 5.41) is 12.5. The SMILES string of the molecule is Cc1c(C(=O)O)cc(-c2csc(-c3ccc(C(C)(C)C)cc3)n2)n1CC(C)C. The molecule has 0 atom stereocenters. The van der Waals surface area contributed by atoms with Crippen molar-refractivity contribution < 1.29 is 9.90 Å². The van der Waals surface area contributed by atoms with Crippen molar-refractivity contribution in [2.24, 2.45) is 5.92 Å². The summed E-state index contributed by atoms with van der Waals surface area (Å²) in [4.78, 5) is 16.4. The Morgan fingerprint density at radius 3 is 2.39 bits per heavy atom. The third kappa shape index (κ3) is 4.04. The molecule has 0 unspecified atom stereocenters. The standard InChI is InChI=1S/C23H28N2O2S/c1-14(2)12-25-15(3)18(22(26)27)11-20(25)19-13-28-21(24-19)16-7-9-17(10-8-16)23(4,5)6/h7-11,13-14H,12H2,1-6H3,(H,26,27). The molecule has 1 aromatic carbocycles. The van der Waals surface area contributed by atoms with Crippen molar-refractivity contribution in [3.8, 4) is 22.0 Å². The highest BCUT2D eigenvalue weighted by atomic mass is 32.1. The van der Waals surface area contributed by atoms with Gasteiger partial charge in [0.15, 0.2) is 0 Å². The number of carboxylic acids is 1. The zero-order valence-corrected chi connectivity index (χ0v) is 18.2. The molecule has 0 aliphatic carbocycles. The van der Waals surface area contributed by atoms with Crippen LogP contribution >= 0.6 is 11.3 Å². The van der Waals surface area contributed by atoms with Gasteiger partial charge in [-0.2, -0.15) is 0 Å². The second-order valence-corrected chi connectivity index (χ2v) is 9.56. The molecule has 0 aliphatic rings. The van der Waals surface area contributed by atoms with E-state index in [9.17, 15) is 9.90 Å². The first-order chi connectivity index (χ1) is 13.1. The summed E-state index contributed by atoms with van der Waals surface area (Å²) < 4.78 is 2.08. The molecular weight excluding hydrogens is 368 g/mol. The summed E-state index contributed by atoms with van der Waals surface area (Å²) in [7, 11) is 0. The van der Waals surface area contributed by atoms with Crippen LogP contribution in [0.1, 0.15) is 56.2 Å². The maximum absolute atomic E-state index is 11.6. The van der Waals surface area contributed by atoms with E-state index in [-0.39, 0.29) is 5.41 Å². The number of rotatable bonds is 5. The quantitative estimate of drug-likeness (QED) is 0.555. The smallest absolute Gasteiger partial charge is 0.337 e. The van der Waals surface area contributed by atoms with E-state index in [1.807, 2.05) is 12.3 Å². The molecule has 28 heavy (non-hydrogen) atoms. The second-order valence-electron chi connectivity index (χ2n) is 8.70. The van der Waals surface area contributed by atoms with Gasteiger partial charge in [0.25, 0.3) is 0 Å². The van der Waals surface area contributed by atoms with Crippen LogP contribution in [-0.4, -0.2) is 20.6 Å². The lowest BCUT2D eigenvalue weighted by Crippen LogP contribution is -2.10. The first-order valence-electron chi connectivity index (χ1n) is 9.58. The van der Waals surface area contributed by atoms with Crippen molar-refractivity contribution in [1.82, 2.24) is 9.55 Å². The zero-order valence-electron chi connectivity index (χ0n) is 17.4. The van der Waals surface area contributed by atoms with Crippen LogP contribution in [0.15, 0.2) is 35.7 Å². The minimum atomic E-state index is -0.894. The Kier molecular flexibility index (Phi) is 5.48. The summed E-state index contributed by atoms with van der Waals surface area (Å²) in [6, 6.07) is 10.3. The van der Waals surface area contributed by atoms with E-state index in [1.54, 1.807) is 17.4 Å². The summed E-state index contributed by atoms with van der Waals surface area (Å²) in [5.41, 5.74) is 5.32. The van der Waals surface area contributed by atoms with Crippen LogP contribution in [0, 0.1) is 12.8 Å². The molecule has 0 spiro atoms. The van der Waals surface area contributed by atoms with Gasteiger partial charge < -0.3 is 9.67 Å². The average Bonchev–Trinajstić information content (AvgIpc) is 3.20. The fourth-order valence-electron chi connectivity index (χ4n) is 3.31. The third-order valence-corrected chi connectivity index (χ3v) is 5.80. The van der Waals surface area contributed by atoms with Crippen molar-refractivity contribution in [2.45, 2.75) is 53.5 Å². The Labute approximate surface area is 170 Å². The van der Waals surface area contributed by atoms with E-state index in [1.165, 1.54) is 5.56 Å². The number of aromatic nitrogens is 2. The summed E-state index contributed by atoms with van der Waals surface area (Å²) in [6.45, 7) is 13.5. The fraction of sp³-hybridized carbons (Fsp3) is 0.391.